The predicted octanol–water partition coefficient (Wildman–Crippen LogP) is 1.56. The van der Waals surface area contributed by atoms with E-state index in [4.69, 9.17) is 15.2 Å². The van der Waals surface area contributed by atoms with Crippen molar-refractivity contribution in [2.75, 3.05) is 33.4 Å². The topological polar surface area (TPSA) is 76.8 Å². The number of amides is 1. The standard InChI is InChI=1S/C19H31N3O3/c1-13(2)22-11-16(18(12-22)24-4)21-19(23)15-7-6-14(3)17(10-15)25-9-5-8-20/h6-7,10,13,16,18H,5,8-9,11-12,20H2,1-4H3,(H,21,23)/t16-,18-/m1/s1. The Morgan fingerprint density at radius 1 is 1.40 bits per heavy atom. The number of aryl methyl sites for hydroxylation is 1. The van der Waals surface area contributed by atoms with Gasteiger partial charge in [0.1, 0.15) is 5.75 Å². The van der Waals surface area contributed by atoms with Gasteiger partial charge in [-0.25, -0.2) is 0 Å². The second kappa shape index (κ2) is 9.17. The molecule has 1 fully saturated rings. The van der Waals surface area contributed by atoms with E-state index >= 15 is 0 Å². The fourth-order valence-electron chi connectivity index (χ4n) is 3.02. The third-order valence-corrected chi connectivity index (χ3v) is 4.70. The van der Waals surface area contributed by atoms with Crippen LogP contribution >= 0.6 is 0 Å². The van der Waals surface area contributed by atoms with E-state index in [1.54, 1.807) is 13.2 Å². The number of carbonyl (C=O) groups is 1. The molecule has 0 radical (unpaired) electrons. The summed E-state index contributed by atoms with van der Waals surface area (Å²) in [4.78, 5) is 15.0. The number of hydrogen-bond acceptors (Lipinski definition) is 5. The SMILES string of the molecule is CO[C@@H]1CN(C(C)C)C[C@H]1NC(=O)c1ccc(C)c(OCCCN)c1. The molecule has 0 spiro atoms. The Morgan fingerprint density at radius 3 is 2.80 bits per heavy atom. The number of nitrogens with one attached hydrogen (secondary N) is 1. The van der Waals surface area contributed by atoms with E-state index < -0.39 is 0 Å². The smallest absolute Gasteiger partial charge is 0.251 e. The molecule has 0 saturated carbocycles. The Morgan fingerprint density at radius 2 is 2.16 bits per heavy atom. The summed E-state index contributed by atoms with van der Waals surface area (Å²) in [6, 6.07) is 5.97. The highest BCUT2D eigenvalue weighted by molar-refractivity contribution is 5.95. The number of carbonyl (C=O) groups excluding carboxylic acids is 1. The van der Waals surface area contributed by atoms with Gasteiger partial charge < -0.3 is 20.5 Å². The van der Waals surface area contributed by atoms with Crippen LogP contribution in [0.2, 0.25) is 0 Å². The molecule has 6 nitrogen and oxygen atoms in total. The van der Waals surface area contributed by atoms with Gasteiger partial charge in [0, 0.05) is 31.8 Å². The summed E-state index contributed by atoms with van der Waals surface area (Å²) in [5.74, 6) is 0.640. The van der Waals surface area contributed by atoms with Gasteiger partial charge in [-0.2, -0.15) is 0 Å². The molecule has 0 bridgehead atoms. The van der Waals surface area contributed by atoms with Crippen LogP contribution < -0.4 is 15.8 Å². The first-order valence-electron chi connectivity index (χ1n) is 8.97. The highest BCUT2D eigenvalue weighted by Gasteiger charge is 2.35. The molecule has 1 heterocycles. The number of ether oxygens (including phenoxy) is 2. The minimum absolute atomic E-state index is 0.0112. The summed E-state index contributed by atoms with van der Waals surface area (Å²) in [7, 11) is 1.70. The van der Waals surface area contributed by atoms with Crippen LogP contribution in [0.15, 0.2) is 18.2 Å². The lowest BCUT2D eigenvalue weighted by Gasteiger charge is -2.20. The second-order valence-corrected chi connectivity index (χ2v) is 6.87. The maximum absolute atomic E-state index is 12.7. The summed E-state index contributed by atoms with van der Waals surface area (Å²) in [6.07, 6.45) is 0.801. The largest absolute Gasteiger partial charge is 0.493 e. The summed E-state index contributed by atoms with van der Waals surface area (Å²) < 4.78 is 11.3. The molecule has 140 valence electrons. The first kappa shape index (κ1) is 19.7. The molecule has 2 rings (SSSR count). The van der Waals surface area contributed by atoms with Crippen LogP contribution in [0.1, 0.15) is 36.2 Å². The molecule has 1 aromatic rings. The molecule has 6 heteroatoms. The van der Waals surface area contributed by atoms with Crippen LogP contribution in [0.5, 0.6) is 5.75 Å². The maximum atomic E-state index is 12.7. The maximum Gasteiger partial charge on any atom is 0.251 e. The van der Waals surface area contributed by atoms with Crippen molar-refractivity contribution >= 4 is 5.91 Å². The summed E-state index contributed by atoms with van der Waals surface area (Å²) in [5.41, 5.74) is 7.11. The zero-order chi connectivity index (χ0) is 18.4. The van der Waals surface area contributed by atoms with Gasteiger partial charge in [-0.05, 0) is 51.4 Å². The molecule has 0 unspecified atom stereocenters. The van der Waals surface area contributed by atoms with E-state index in [0.717, 1.165) is 30.8 Å². The molecule has 1 aliphatic rings. The lowest BCUT2D eigenvalue weighted by molar-refractivity contribution is 0.0753. The van der Waals surface area contributed by atoms with Crippen LogP contribution in [0.4, 0.5) is 0 Å². The summed E-state index contributed by atoms with van der Waals surface area (Å²) in [5, 5.41) is 3.11. The van der Waals surface area contributed by atoms with E-state index in [2.05, 4.69) is 24.1 Å². The average Bonchev–Trinajstić information content (AvgIpc) is 3.00. The minimum Gasteiger partial charge on any atom is -0.493 e. The van der Waals surface area contributed by atoms with Crippen LogP contribution in [0, 0.1) is 6.92 Å². The number of likely N-dealkylation sites (tertiary alicyclic amines) is 1. The van der Waals surface area contributed by atoms with E-state index in [1.165, 1.54) is 0 Å². The number of benzene rings is 1. The zero-order valence-corrected chi connectivity index (χ0v) is 15.7. The number of rotatable bonds is 8. The third kappa shape index (κ3) is 5.17. The Balaban J connectivity index is 2.03. The Hall–Kier alpha value is -1.63. The van der Waals surface area contributed by atoms with Gasteiger partial charge in [0.05, 0.1) is 18.8 Å². The Bertz CT molecular complexity index is 577. The zero-order valence-electron chi connectivity index (χ0n) is 15.7. The van der Waals surface area contributed by atoms with Crippen molar-refractivity contribution in [2.24, 2.45) is 5.73 Å². The highest BCUT2D eigenvalue weighted by atomic mass is 16.5. The molecular weight excluding hydrogens is 318 g/mol. The summed E-state index contributed by atoms with van der Waals surface area (Å²) in [6.45, 7) is 9.06. The van der Waals surface area contributed by atoms with E-state index in [9.17, 15) is 4.79 Å². The van der Waals surface area contributed by atoms with Crippen molar-refractivity contribution < 1.29 is 14.3 Å². The van der Waals surface area contributed by atoms with Gasteiger partial charge in [0.2, 0.25) is 0 Å². The Kier molecular flexibility index (Phi) is 7.23. The number of nitrogens with zero attached hydrogens (tertiary/aromatic N) is 1. The molecule has 1 saturated heterocycles. The predicted molar refractivity (Wildman–Crippen MR) is 99.1 cm³/mol. The minimum atomic E-state index is -0.0960. The lowest BCUT2D eigenvalue weighted by Crippen LogP contribution is -2.43. The molecular formula is C19H31N3O3. The fraction of sp³-hybridized carbons (Fsp3) is 0.632. The van der Waals surface area contributed by atoms with Crippen molar-refractivity contribution in [3.8, 4) is 5.75 Å². The molecule has 1 aromatic carbocycles. The molecule has 3 N–H and O–H groups in total. The van der Waals surface area contributed by atoms with Gasteiger partial charge in [-0.15, -0.1) is 0 Å². The number of hydrogen-bond donors (Lipinski definition) is 2. The van der Waals surface area contributed by atoms with E-state index in [-0.39, 0.29) is 18.1 Å². The number of methoxy groups -OCH3 is 1. The lowest BCUT2D eigenvalue weighted by atomic mass is 10.1. The molecule has 1 aliphatic heterocycles. The molecule has 1 amide bonds. The van der Waals surface area contributed by atoms with Crippen molar-refractivity contribution in [1.29, 1.82) is 0 Å². The van der Waals surface area contributed by atoms with Crippen molar-refractivity contribution in [1.82, 2.24) is 10.2 Å². The van der Waals surface area contributed by atoms with Gasteiger partial charge >= 0.3 is 0 Å². The highest BCUT2D eigenvalue weighted by Crippen LogP contribution is 2.21. The molecule has 2 atom stereocenters. The van der Waals surface area contributed by atoms with Gasteiger partial charge in [0.15, 0.2) is 0 Å². The van der Waals surface area contributed by atoms with Crippen molar-refractivity contribution in [3.05, 3.63) is 29.3 Å². The molecule has 0 aromatic heterocycles. The van der Waals surface area contributed by atoms with Crippen molar-refractivity contribution in [2.45, 2.75) is 45.4 Å². The third-order valence-electron chi connectivity index (χ3n) is 4.70. The fourth-order valence-corrected chi connectivity index (χ4v) is 3.02. The second-order valence-electron chi connectivity index (χ2n) is 6.87. The van der Waals surface area contributed by atoms with E-state index in [1.807, 2.05) is 19.1 Å². The van der Waals surface area contributed by atoms with Crippen LogP contribution in [0.25, 0.3) is 0 Å². The first-order valence-corrected chi connectivity index (χ1v) is 8.97. The summed E-state index contributed by atoms with van der Waals surface area (Å²) >= 11 is 0. The van der Waals surface area contributed by atoms with Gasteiger partial charge in [-0.3, -0.25) is 9.69 Å². The first-order chi connectivity index (χ1) is 12.0. The normalized spacial score (nSPS) is 20.9. The monoisotopic (exact) mass is 349 g/mol. The van der Waals surface area contributed by atoms with Gasteiger partial charge in [0.25, 0.3) is 5.91 Å². The van der Waals surface area contributed by atoms with Crippen LogP contribution in [-0.4, -0.2) is 62.3 Å². The van der Waals surface area contributed by atoms with E-state index in [0.29, 0.717) is 24.8 Å². The Labute approximate surface area is 150 Å². The van der Waals surface area contributed by atoms with Crippen molar-refractivity contribution in [3.63, 3.8) is 0 Å². The van der Waals surface area contributed by atoms with Gasteiger partial charge in [-0.1, -0.05) is 6.07 Å². The average molecular weight is 349 g/mol. The number of nitrogens with two attached hydrogens (primary N) is 1. The molecule has 0 aliphatic carbocycles. The van der Waals surface area contributed by atoms with Crippen LogP contribution in [-0.2, 0) is 4.74 Å². The molecule has 25 heavy (non-hydrogen) atoms. The quantitative estimate of drug-likeness (QED) is 0.697. The van der Waals surface area contributed by atoms with Crippen LogP contribution in [0.3, 0.4) is 0 Å².